The van der Waals surface area contributed by atoms with Gasteiger partial charge in [-0.05, 0) is 34.9 Å². The van der Waals surface area contributed by atoms with E-state index in [1.54, 1.807) is 0 Å². The Labute approximate surface area is 166 Å². The van der Waals surface area contributed by atoms with Gasteiger partial charge in [0.2, 0.25) is 0 Å². The highest BCUT2D eigenvalue weighted by Crippen LogP contribution is 2.29. The standard InChI is InChI=1S/C26H25NO/c1-20(22-12-6-3-7-13-22)27-18-25-24-15-9-8-14-23(24)16-17-26(25)28-19-21-10-4-2-5-11-21/h2-17,20,27H,18-19H2,1H3. The molecule has 0 saturated heterocycles. The number of ether oxygens (including phenoxy) is 1. The van der Waals surface area contributed by atoms with Crippen LogP contribution in [-0.4, -0.2) is 0 Å². The monoisotopic (exact) mass is 367 g/mol. The molecule has 1 unspecified atom stereocenters. The minimum atomic E-state index is 0.266. The van der Waals surface area contributed by atoms with Gasteiger partial charge in [0.15, 0.2) is 0 Å². The van der Waals surface area contributed by atoms with Gasteiger partial charge in [0, 0.05) is 18.2 Å². The predicted octanol–water partition coefficient (Wildman–Crippen LogP) is 6.27. The molecule has 0 bridgehead atoms. The van der Waals surface area contributed by atoms with Gasteiger partial charge in [-0.25, -0.2) is 0 Å². The summed E-state index contributed by atoms with van der Waals surface area (Å²) >= 11 is 0. The van der Waals surface area contributed by atoms with Crippen molar-refractivity contribution in [1.29, 1.82) is 0 Å². The van der Waals surface area contributed by atoms with Crippen LogP contribution >= 0.6 is 0 Å². The summed E-state index contributed by atoms with van der Waals surface area (Å²) in [4.78, 5) is 0. The fraction of sp³-hybridized carbons (Fsp3) is 0.154. The summed E-state index contributed by atoms with van der Waals surface area (Å²) in [5, 5.41) is 6.14. The van der Waals surface area contributed by atoms with Crippen LogP contribution in [0.15, 0.2) is 97.1 Å². The van der Waals surface area contributed by atoms with Crippen LogP contribution in [-0.2, 0) is 13.2 Å². The molecule has 0 aliphatic carbocycles. The largest absolute Gasteiger partial charge is 0.489 e. The maximum absolute atomic E-state index is 6.23. The van der Waals surface area contributed by atoms with Gasteiger partial charge in [0.1, 0.15) is 12.4 Å². The highest BCUT2D eigenvalue weighted by molar-refractivity contribution is 5.87. The highest BCUT2D eigenvalue weighted by atomic mass is 16.5. The summed E-state index contributed by atoms with van der Waals surface area (Å²) in [5.41, 5.74) is 3.67. The number of nitrogens with one attached hydrogen (secondary N) is 1. The molecule has 28 heavy (non-hydrogen) atoms. The number of benzene rings is 4. The van der Waals surface area contributed by atoms with E-state index in [9.17, 15) is 0 Å². The van der Waals surface area contributed by atoms with Crippen molar-refractivity contribution < 1.29 is 4.74 Å². The molecular weight excluding hydrogens is 342 g/mol. The van der Waals surface area contributed by atoms with Crippen LogP contribution in [0, 0.1) is 0 Å². The Kier molecular flexibility index (Phi) is 5.69. The van der Waals surface area contributed by atoms with Crippen LogP contribution in [0.25, 0.3) is 10.8 Å². The van der Waals surface area contributed by atoms with Crippen molar-refractivity contribution in [1.82, 2.24) is 5.32 Å². The van der Waals surface area contributed by atoms with Crippen molar-refractivity contribution in [3.63, 3.8) is 0 Å². The molecule has 140 valence electrons. The molecule has 0 radical (unpaired) electrons. The Balaban J connectivity index is 1.58. The minimum absolute atomic E-state index is 0.266. The van der Waals surface area contributed by atoms with E-state index in [1.807, 2.05) is 18.2 Å². The van der Waals surface area contributed by atoms with Crippen molar-refractivity contribution in [2.45, 2.75) is 26.1 Å². The molecule has 0 aliphatic heterocycles. The fourth-order valence-corrected chi connectivity index (χ4v) is 3.48. The van der Waals surface area contributed by atoms with Crippen LogP contribution in [0.4, 0.5) is 0 Å². The van der Waals surface area contributed by atoms with Crippen molar-refractivity contribution in [3.8, 4) is 5.75 Å². The Morgan fingerprint density at radius 3 is 2.21 bits per heavy atom. The Hall–Kier alpha value is -3.10. The average Bonchev–Trinajstić information content (AvgIpc) is 2.77. The highest BCUT2D eigenvalue weighted by Gasteiger charge is 2.11. The first kappa shape index (κ1) is 18.3. The van der Waals surface area contributed by atoms with E-state index >= 15 is 0 Å². The molecule has 0 fully saturated rings. The van der Waals surface area contributed by atoms with Crippen LogP contribution < -0.4 is 10.1 Å². The SMILES string of the molecule is CC(NCc1c(OCc2ccccc2)ccc2ccccc12)c1ccccc1. The second kappa shape index (κ2) is 8.73. The van der Waals surface area contributed by atoms with E-state index < -0.39 is 0 Å². The lowest BCUT2D eigenvalue weighted by Crippen LogP contribution is -2.18. The van der Waals surface area contributed by atoms with E-state index in [2.05, 4.69) is 91.1 Å². The summed E-state index contributed by atoms with van der Waals surface area (Å²) < 4.78 is 6.23. The second-order valence-electron chi connectivity index (χ2n) is 7.05. The molecular formula is C26H25NO. The average molecular weight is 367 g/mol. The number of fused-ring (bicyclic) bond motifs is 1. The summed E-state index contributed by atoms with van der Waals surface area (Å²) in [6, 6.07) is 33.8. The van der Waals surface area contributed by atoms with Gasteiger partial charge in [-0.3, -0.25) is 0 Å². The quantitative estimate of drug-likeness (QED) is 0.416. The third kappa shape index (κ3) is 4.24. The minimum Gasteiger partial charge on any atom is -0.489 e. The zero-order chi connectivity index (χ0) is 19.2. The van der Waals surface area contributed by atoms with E-state index in [0.29, 0.717) is 6.61 Å². The van der Waals surface area contributed by atoms with Gasteiger partial charge in [-0.15, -0.1) is 0 Å². The van der Waals surface area contributed by atoms with E-state index in [4.69, 9.17) is 4.74 Å². The fourth-order valence-electron chi connectivity index (χ4n) is 3.48. The van der Waals surface area contributed by atoms with Crippen LogP contribution in [0.2, 0.25) is 0 Å². The van der Waals surface area contributed by atoms with Crippen LogP contribution in [0.5, 0.6) is 5.75 Å². The normalized spacial score (nSPS) is 12.0. The second-order valence-corrected chi connectivity index (χ2v) is 7.05. The molecule has 0 spiro atoms. The molecule has 4 rings (SSSR count). The first-order valence-corrected chi connectivity index (χ1v) is 9.77. The van der Waals surface area contributed by atoms with Crippen molar-refractivity contribution in [2.24, 2.45) is 0 Å². The Bertz CT molecular complexity index is 1030. The van der Waals surface area contributed by atoms with Gasteiger partial charge in [-0.2, -0.15) is 0 Å². The van der Waals surface area contributed by atoms with Gasteiger partial charge in [0.05, 0.1) is 0 Å². The third-order valence-corrected chi connectivity index (χ3v) is 5.12. The molecule has 1 N–H and O–H groups in total. The van der Waals surface area contributed by atoms with E-state index in [1.165, 1.54) is 27.5 Å². The zero-order valence-corrected chi connectivity index (χ0v) is 16.1. The lowest BCUT2D eigenvalue weighted by molar-refractivity contribution is 0.302. The Morgan fingerprint density at radius 2 is 1.43 bits per heavy atom. The lowest BCUT2D eigenvalue weighted by Gasteiger charge is -2.18. The molecule has 0 amide bonds. The van der Waals surface area contributed by atoms with Crippen molar-refractivity contribution in [3.05, 3.63) is 114 Å². The topological polar surface area (TPSA) is 21.3 Å². The van der Waals surface area contributed by atoms with Crippen LogP contribution in [0.3, 0.4) is 0 Å². The molecule has 2 heteroatoms. The zero-order valence-electron chi connectivity index (χ0n) is 16.1. The molecule has 0 aromatic heterocycles. The van der Waals surface area contributed by atoms with Crippen molar-refractivity contribution in [2.75, 3.05) is 0 Å². The summed E-state index contributed by atoms with van der Waals surface area (Å²) in [5.74, 6) is 0.940. The first-order chi connectivity index (χ1) is 13.8. The number of hydrogen-bond donors (Lipinski definition) is 1. The molecule has 2 nitrogen and oxygen atoms in total. The maximum atomic E-state index is 6.23. The van der Waals surface area contributed by atoms with E-state index in [0.717, 1.165) is 12.3 Å². The Morgan fingerprint density at radius 1 is 0.750 bits per heavy atom. The van der Waals surface area contributed by atoms with Crippen molar-refractivity contribution >= 4 is 10.8 Å². The van der Waals surface area contributed by atoms with E-state index in [-0.39, 0.29) is 6.04 Å². The molecule has 0 saturated carbocycles. The predicted molar refractivity (Wildman–Crippen MR) is 116 cm³/mol. The first-order valence-electron chi connectivity index (χ1n) is 9.77. The molecule has 0 aliphatic rings. The summed E-state index contributed by atoms with van der Waals surface area (Å²) in [7, 11) is 0. The van der Waals surface area contributed by atoms with Gasteiger partial charge in [-0.1, -0.05) is 91.0 Å². The summed E-state index contributed by atoms with van der Waals surface area (Å²) in [6.45, 7) is 3.52. The maximum Gasteiger partial charge on any atom is 0.124 e. The van der Waals surface area contributed by atoms with Gasteiger partial charge in [0.25, 0.3) is 0 Å². The number of rotatable bonds is 7. The smallest absolute Gasteiger partial charge is 0.124 e. The number of hydrogen-bond acceptors (Lipinski definition) is 2. The molecule has 1 atom stereocenters. The van der Waals surface area contributed by atoms with Gasteiger partial charge >= 0.3 is 0 Å². The molecule has 4 aromatic carbocycles. The van der Waals surface area contributed by atoms with Gasteiger partial charge < -0.3 is 10.1 Å². The third-order valence-electron chi connectivity index (χ3n) is 5.12. The summed E-state index contributed by atoms with van der Waals surface area (Å²) in [6.07, 6.45) is 0. The molecule has 4 aromatic rings. The van der Waals surface area contributed by atoms with Crippen LogP contribution in [0.1, 0.15) is 29.7 Å². The lowest BCUT2D eigenvalue weighted by atomic mass is 10.0. The molecule has 0 heterocycles.